The summed E-state index contributed by atoms with van der Waals surface area (Å²) in [5.74, 6) is 0.292. The summed E-state index contributed by atoms with van der Waals surface area (Å²) in [7, 11) is 0. The van der Waals surface area contributed by atoms with E-state index in [0.29, 0.717) is 31.1 Å². The van der Waals surface area contributed by atoms with Crippen molar-refractivity contribution < 1.29 is 9.53 Å². The summed E-state index contributed by atoms with van der Waals surface area (Å²) >= 11 is 0. The third-order valence-electron chi connectivity index (χ3n) is 5.04. The molecule has 2 saturated heterocycles. The molecule has 0 radical (unpaired) electrons. The number of piperidine rings is 1. The Hall–Kier alpha value is -0.650. The Morgan fingerprint density at radius 3 is 2.65 bits per heavy atom. The molecule has 0 spiro atoms. The van der Waals surface area contributed by atoms with Gasteiger partial charge >= 0.3 is 0 Å². The van der Waals surface area contributed by atoms with E-state index in [2.05, 4.69) is 9.80 Å². The van der Waals surface area contributed by atoms with E-state index in [9.17, 15) is 4.79 Å². The highest BCUT2D eigenvalue weighted by molar-refractivity contribution is 5.78. The molecule has 2 N–H and O–H groups in total. The van der Waals surface area contributed by atoms with E-state index in [-0.39, 0.29) is 6.10 Å². The van der Waals surface area contributed by atoms with Crippen molar-refractivity contribution in [3.63, 3.8) is 0 Å². The molecule has 0 aromatic rings. The summed E-state index contributed by atoms with van der Waals surface area (Å²) in [6, 6.07) is 0.657. The summed E-state index contributed by atoms with van der Waals surface area (Å²) in [6.07, 6.45) is 7.02. The highest BCUT2D eigenvalue weighted by atomic mass is 16.5. The zero-order valence-electron chi connectivity index (χ0n) is 12.3. The van der Waals surface area contributed by atoms with E-state index in [4.69, 9.17) is 10.5 Å². The predicted molar refractivity (Wildman–Crippen MR) is 77.4 cm³/mol. The van der Waals surface area contributed by atoms with Gasteiger partial charge in [-0.2, -0.15) is 0 Å². The molecule has 114 valence electrons. The third-order valence-corrected chi connectivity index (χ3v) is 5.04. The number of amides is 1. The van der Waals surface area contributed by atoms with Gasteiger partial charge in [-0.3, -0.25) is 9.69 Å². The Morgan fingerprint density at radius 2 is 1.85 bits per heavy atom. The number of hydrogen-bond acceptors (Lipinski definition) is 4. The Balaban J connectivity index is 1.55. The van der Waals surface area contributed by atoms with E-state index in [1.165, 1.54) is 12.8 Å². The average Bonchev–Trinajstić information content (AvgIpc) is 2.49. The van der Waals surface area contributed by atoms with Crippen LogP contribution < -0.4 is 5.73 Å². The van der Waals surface area contributed by atoms with Crippen LogP contribution in [-0.4, -0.2) is 66.7 Å². The fourth-order valence-electron chi connectivity index (χ4n) is 3.80. The van der Waals surface area contributed by atoms with Gasteiger partial charge in [0.2, 0.25) is 5.91 Å². The minimum absolute atomic E-state index is 0.288. The van der Waals surface area contributed by atoms with Crippen LogP contribution in [0, 0.1) is 0 Å². The second-order valence-corrected chi connectivity index (χ2v) is 6.46. The van der Waals surface area contributed by atoms with E-state index in [0.717, 1.165) is 45.3 Å². The topological polar surface area (TPSA) is 58.8 Å². The lowest BCUT2D eigenvalue weighted by Gasteiger charge is -2.44. The molecular weight excluding hydrogens is 254 g/mol. The number of carbonyl (C=O) groups is 1. The fraction of sp³-hybridized carbons (Fsp3) is 0.933. The highest BCUT2D eigenvalue weighted by Gasteiger charge is 2.37. The Bertz CT molecular complexity index is 340. The van der Waals surface area contributed by atoms with Crippen molar-refractivity contribution in [1.29, 1.82) is 0 Å². The third kappa shape index (κ3) is 3.15. The van der Waals surface area contributed by atoms with Crippen LogP contribution in [0.5, 0.6) is 0 Å². The Morgan fingerprint density at radius 1 is 1.10 bits per heavy atom. The molecule has 2 atom stereocenters. The first-order valence-corrected chi connectivity index (χ1v) is 8.13. The first kappa shape index (κ1) is 14.3. The summed E-state index contributed by atoms with van der Waals surface area (Å²) in [5, 5.41) is 0. The predicted octanol–water partition coefficient (Wildman–Crippen LogP) is 0.580. The Labute approximate surface area is 121 Å². The molecule has 3 rings (SSSR count). The lowest BCUT2D eigenvalue weighted by molar-refractivity contribution is -0.150. The number of nitrogens with zero attached hydrogens (tertiary/aromatic N) is 2. The number of morpholine rings is 1. The van der Waals surface area contributed by atoms with Crippen molar-refractivity contribution in [2.75, 3.05) is 32.8 Å². The number of likely N-dealkylation sites (tertiary alicyclic amines) is 1. The molecule has 3 fully saturated rings. The molecule has 0 bridgehead atoms. The smallest absolute Gasteiger partial charge is 0.237 e. The minimum Gasteiger partial charge on any atom is -0.374 e. The molecule has 5 heteroatoms. The van der Waals surface area contributed by atoms with Gasteiger partial charge in [0.1, 0.15) is 0 Å². The van der Waals surface area contributed by atoms with Crippen LogP contribution >= 0.6 is 0 Å². The Kier molecular flexibility index (Phi) is 4.58. The van der Waals surface area contributed by atoms with Crippen LogP contribution in [0.15, 0.2) is 0 Å². The molecule has 1 saturated carbocycles. The van der Waals surface area contributed by atoms with Gasteiger partial charge in [-0.1, -0.05) is 12.8 Å². The molecule has 1 aliphatic carbocycles. The number of hydrogen-bond donors (Lipinski definition) is 1. The summed E-state index contributed by atoms with van der Waals surface area (Å²) in [6.45, 7) is 3.97. The lowest BCUT2D eigenvalue weighted by atomic mass is 9.90. The van der Waals surface area contributed by atoms with E-state index < -0.39 is 0 Å². The number of nitrogens with two attached hydrogens (primary N) is 1. The molecule has 20 heavy (non-hydrogen) atoms. The van der Waals surface area contributed by atoms with Gasteiger partial charge in [-0.15, -0.1) is 0 Å². The highest BCUT2D eigenvalue weighted by Crippen LogP contribution is 2.28. The van der Waals surface area contributed by atoms with Gasteiger partial charge in [-0.05, 0) is 25.7 Å². The van der Waals surface area contributed by atoms with E-state index in [1.54, 1.807) is 0 Å². The summed E-state index contributed by atoms with van der Waals surface area (Å²) in [5.41, 5.74) is 5.92. The van der Waals surface area contributed by atoms with Gasteiger partial charge < -0.3 is 15.4 Å². The van der Waals surface area contributed by atoms with E-state index in [1.807, 2.05) is 0 Å². The molecule has 2 heterocycles. The van der Waals surface area contributed by atoms with Crippen LogP contribution in [0.25, 0.3) is 0 Å². The zero-order valence-corrected chi connectivity index (χ0v) is 12.3. The quantitative estimate of drug-likeness (QED) is 0.804. The minimum atomic E-state index is 0.288. The SMILES string of the molecule is NC1CCN(CC(=O)N2CCOC3CCCCC32)CC1. The average molecular weight is 281 g/mol. The fourth-order valence-corrected chi connectivity index (χ4v) is 3.80. The molecule has 2 aliphatic heterocycles. The van der Waals surface area contributed by atoms with Crippen molar-refractivity contribution in [2.24, 2.45) is 5.73 Å². The van der Waals surface area contributed by atoms with Gasteiger partial charge in [-0.25, -0.2) is 0 Å². The number of ether oxygens (including phenoxy) is 1. The lowest BCUT2D eigenvalue weighted by Crippen LogP contribution is -2.57. The largest absolute Gasteiger partial charge is 0.374 e. The number of carbonyl (C=O) groups excluding carboxylic acids is 1. The van der Waals surface area contributed by atoms with Gasteiger partial charge in [0.05, 0.1) is 25.3 Å². The zero-order chi connectivity index (χ0) is 13.9. The maximum atomic E-state index is 12.6. The summed E-state index contributed by atoms with van der Waals surface area (Å²) in [4.78, 5) is 17.0. The van der Waals surface area contributed by atoms with Crippen molar-refractivity contribution in [3.05, 3.63) is 0 Å². The maximum absolute atomic E-state index is 12.6. The van der Waals surface area contributed by atoms with Crippen molar-refractivity contribution in [2.45, 2.75) is 56.7 Å². The van der Waals surface area contributed by atoms with Gasteiger partial charge in [0, 0.05) is 25.7 Å². The van der Waals surface area contributed by atoms with E-state index >= 15 is 0 Å². The van der Waals surface area contributed by atoms with Gasteiger partial charge in [0.15, 0.2) is 0 Å². The molecule has 0 aromatic carbocycles. The van der Waals surface area contributed by atoms with Crippen LogP contribution in [0.2, 0.25) is 0 Å². The molecule has 2 unspecified atom stereocenters. The first-order valence-electron chi connectivity index (χ1n) is 8.13. The monoisotopic (exact) mass is 281 g/mol. The number of fused-ring (bicyclic) bond motifs is 1. The van der Waals surface area contributed by atoms with Crippen molar-refractivity contribution >= 4 is 5.91 Å². The standard InChI is InChI=1S/C15H27N3O2/c16-12-5-7-17(8-6-12)11-15(19)18-9-10-20-14-4-2-1-3-13(14)18/h12-14H,1-11,16H2. The normalized spacial score (nSPS) is 33.0. The van der Waals surface area contributed by atoms with Crippen molar-refractivity contribution in [1.82, 2.24) is 9.80 Å². The van der Waals surface area contributed by atoms with Crippen molar-refractivity contribution in [3.8, 4) is 0 Å². The number of rotatable bonds is 2. The molecule has 0 aromatic heterocycles. The van der Waals surface area contributed by atoms with Crippen LogP contribution in [0.3, 0.4) is 0 Å². The second-order valence-electron chi connectivity index (χ2n) is 6.46. The maximum Gasteiger partial charge on any atom is 0.237 e. The van der Waals surface area contributed by atoms with Gasteiger partial charge in [0.25, 0.3) is 0 Å². The molecule has 5 nitrogen and oxygen atoms in total. The van der Waals surface area contributed by atoms with Crippen LogP contribution in [0.4, 0.5) is 0 Å². The molecule has 1 amide bonds. The van der Waals surface area contributed by atoms with Crippen LogP contribution in [-0.2, 0) is 9.53 Å². The molecular formula is C15H27N3O2. The second kappa shape index (κ2) is 6.41. The first-order chi connectivity index (χ1) is 9.74. The summed E-state index contributed by atoms with van der Waals surface area (Å²) < 4.78 is 5.84. The van der Waals surface area contributed by atoms with Crippen LogP contribution in [0.1, 0.15) is 38.5 Å². The molecule has 3 aliphatic rings.